The third kappa shape index (κ3) is 4.75. The Morgan fingerprint density at radius 3 is 2.28 bits per heavy atom. The summed E-state index contributed by atoms with van der Waals surface area (Å²) in [6.07, 6.45) is 3.99. The Morgan fingerprint density at radius 1 is 1.00 bits per heavy atom. The molecule has 0 spiro atoms. The smallest absolute Gasteiger partial charge is 0.407 e. The van der Waals surface area contributed by atoms with E-state index in [2.05, 4.69) is 45.5 Å². The molecule has 0 heterocycles. The van der Waals surface area contributed by atoms with Gasteiger partial charge in [0.25, 0.3) is 0 Å². The van der Waals surface area contributed by atoms with Gasteiger partial charge in [0.05, 0.1) is 5.56 Å². The molecule has 5 nitrogen and oxygen atoms in total. The molecule has 6 heteroatoms. The van der Waals surface area contributed by atoms with Crippen molar-refractivity contribution >= 4 is 34.1 Å². The molecule has 1 aliphatic rings. The topological polar surface area (TPSA) is 75.6 Å². The molecule has 4 rings (SSSR count). The van der Waals surface area contributed by atoms with E-state index < -0.39 is 12.1 Å². The number of ether oxygens (including phenoxy) is 1. The zero-order valence-corrected chi connectivity index (χ0v) is 18.8. The summed E-state index contributed by atoms with van der Waals surface area (Å²) in [6.45, 7) is 0.733. The number of carbonyl (C=O) groups excluding carboxylic acids is 1. The van der Waals surface area contributed by atoms with Gasteiger partial charge in [0, 0.05) is 16.9 Å². The fourth-order valence-corrected chi connectivity index (χ4v) is 4.42. The minimum Gasteiger partial charge on any atom is -0.478 e. The van der Waals surface area contributed by atoms with Gasteiger partial charge >= 0.3 is 12.1 Å². The van der Waals surface area contributed by atoms with Crippen LogP contribution in [0, 0.1) is 0 Å². The van der Waals surface area contributed by atoms with Gasteiger partial charge in [-0.1, -0.05) is 82.7 Å². The number of alkyl carbamates (subject to hydrolysis) is 1. The van der Waals surface area contributed by atoms with Crippen LogP contribution in [0.3, 0.4) is 0 Å². The summed E-state index contributed by atoms with van der Waals surface area (Å²) in [6, 6.07) is 21.3. The molecular formula is C26H22BrNO4. The molecule has 162 valence electrons. The lowest BCUT2D eigenvalue weighted by molar-refractivity contribution is 0.0696. The molecule has 1 aliphatic carbocycles. The lowest BCUT2D eigenvalue weighted by atomic mass is 9.98. The first kappa shape index (κ1) is 21.8. The zero-order valence-electron chi connectivity index (χ0n) is 17.3. The van der Waals surface area contributed by atoms with Gasteiger partial charge in [-0.15, -0.1) is 0 Å². The minimum absolute atomic E-state index is 0.0409. The number of rotatable bonds is 7. The molecule has 32 heavy (non-hydrogen) atoms. The Morgan fingerprint density at radius 2 is 1.66 bits per heavy atom. The molecule has 3 aromatic carbocycles. The SMILES string of the molecule is O=C(NCCC=Cc1ccc(C(=O)O)cc1Br)OCC1c2ccccc2-c2ccccc21. The second kappa shape index (κ2) is 9.83. The number of nitrogens with one attached hydrogen (secondary N) is 1. The van der Waals surface area contributed by atoms with Crippen molar-refractivity contribution in [3.8, 4) is 11.1 Å². The predicted octanol–water partition coefficient (Wildman–Crippen LogP) is 6.09. The van der Waals surface area contributed by atoms with E-state index in [4.69, 9.17) is 9.84 Å². The number of carboxylic acids is 1. The molecule has 0 saturated heterocycles. The van der Waals surface area contributed by atoms with Crippen LogP contribution < -0.4 is 5.32 Å². The second-order valence-electron chi connectivity index (χ2n) is 7.48. The first-order chi connectivity index (χ1) is 15.5. The fraction of sp³-hybridized carbons (Fsp3) is 0.154. The van der Waals surface area contributed by atoms with E-state index in [-0.39, 0.29) is 11.5 Å². The van der Waals surface area contributed by atoms with E-state index in [1.807, 2.05) is 36.4 Å². The molecule has 1 amide bonds. The molecule has 0 fully saturated rings. The van der Waals surface area contributed by atoms with Crippen molar-refractivity contribution in [3.63, 3.8) is 0 Å². The lowest BCUT2D eigenvalue weighted by Gasteiger charge is -2.14. The van der Waals surface area contributed by atoms with E-state index in [0.29, 0.717) is 24.0 Å². The van der Waals surface area contributed by atoms with Crippen molar-refractivity contribution in [3.05, 3.63) is 99.5 Å². The first-order valence-corrected chi connectivity index (χ1v) is 11.1. The van der Waals surface area contributed by atoms with Crippen molar-refractivity contribution in [2.75, 3.05) is 13.2 Å². The number of hydrogen-bond acceptors (Lipinski definition) is 3. The quantitative estimate of drug-likeness (QED) is 0.392. The highest BCUT2D eigenvalue weighted by molar-refractivity contribution is 9.10. The fourth-order valence-electron chi connectivity index (χ4n) is 3.91. The van der Waals surface area contributed by atoms with Gasteiger partial charge in [0.1, 0.15) is 6.61 Å². The monoisotopic (exact) mass is 491 g/mol. The summed E-state index contributed by atoms with van der Waals surface area (Å²) in [7, 11) is 0. The van der Waals surface area contributed by atoms with Crippen molar-refractivity contribution in [1.29, 1.82) is 0 Å². The van der Waals surface area contributed by atoms with Gasteiger partial charge in [-0.3, -0.25) is 0 Å². The molecule has 0 radical (unpaired) electrons. The normalized spacial score (nSPS) is 12.4. The largest absolute Gasteiger partial charge is 0.478 e. The van der Waals surface area contributed by atoms with Gasteiger partial charge in [-0.2, -0.15) is 0 Å². The van der Waals surface area contributed by atoms with E-state index in [9.17, 15) is 9.59 Å². The number of carbonyl (C=O) groups is 2. The Labute approximate surface area is 194 Å². The highest BCUT2D eigenvalue weighted by Crippen LogP contribution is 2.44. The van der Waals surface area contributed by atoms with Gasteiger partial charge in [0.2, 0.25) is 0 Å². The molecule has 0 aromatic heterocycles. The van der Waals surface area contributed by atoms with Crippen LogP contribution in [0.4, 0.5) is 4.79 Å². The average molecular weight is 492 g/mol. The number of halogens is 1. The Bertz CT molecular complexity index is 1140. The molecule has 0 bridgehead atoms. The first-order valence-electron chi connectivity index (χ1n) is 10.3. The number of amides is 1. The maximum Gasteiger partial charge on any atom is 0.407 e. The summed E-state index contributed by atoms with van der Waals surface area (Å²) in [5, 5.41) is 11.8. The van der Waals surface area contributed by atoms with Crippen LogP contribution in [0.5, 0.6) is 0 Å². The Kier molecular flexibility index (Phi) is 6.71. The number of carboxylic acid groups (broad SMARTS) is 1. The minimum atomic E-state index is -0.964. The van der Waals surface area contributed by atoms with Crippen LogP contribution in [0.1, 0.15) is 39.4 Å². The number of aromatic carboxylic acids is 1. The van der Waals surface area contributed by atoms with E-state index >= 15 is 0 Å². The van der Waals surface area contributed by atoms with Crippen LogP contribution in [0.2, 0.25) is 0 Å². The standard InChI is InChI=1S/C26H22BrNO4/c27-24-15-18(25(29)30)13-12-17(24)7-5-6-14-28-26(31)32-16-23-21-10-3-1-8-19(21)20-9-2-4-11-22(20)23/h1-5,7-13,15,23H,6,14,16H2,(H,28,31)(H,29,30). The Hall–Kier alpha value is -3.38. The van der Waals surface area contributed by atoms with E-state index in [1.165, 1.54) is 22.3 Å². The summed E-state index contributed by atoms with van der Waals surface area (Å²) in [5.41, 5.74) is 5.87. The molecule has 2 N–H and O–H groups in total. The lowest BCUT2D eigenvalue weighted by Crippen LogP contribution is -2.26. The highest BCUT2D eigenvalue weighted by Gasteiger charge is 2.28. The number of benzene rings is 3. The average Bonchev–Trinajstić information content (AvgIpc) is 3.12. The summed E-state index contributed by atoms with van der Waals surface area (Å²) >= 11 is 3.38. The van der Waals surface area contributed by atoms with Crippen LogP contribution >= 0.6 is 15.9 Å². The Balaban J connectivity index is 1.27. The third-order valence-electron chi connectivity index (χ3n) is 5.47. The van der Waals surface area contributed by atoms with Crippen molar-refractivity contribution in [2.24, 2.45) is 0 Å². The molecule has 0 aliphatic heterocycles. The number of fused-ring (bicyclic) bond motifs is 3. The van der Waals surface area contributed by atoms with Crippen molar-refractivity contribution < 1.29 is 19.4 Å². The molecular weight excluding hydrogens is 470 g/mol. The van der Waals surface area contributed by atoms with Gasteiger partial charge in [-0.25, -0.2) is 9.59 Å². The van der Waals surface area contributed by atoms with Crippen molar-refractivity contribution in [2.45, 2.75) is 12.3 Å². The van der Waals surface area contributed by atoms with E-state index in [0.717, 1.165) is 5.56 Å². The summed E-state index contributed by atoms with van der Waals surface area (Å²) in [5.74, 6) is -0.923. The van der Waals surface area contributed by atoms with Crippen LogP contribution in [-0.2, 0) is 4.74 Å². The van der Waals surface area contributed by atoms with E-state index in [1.54, 1.807) is 18.2 Å². The molecule has 0 atom stereocenters. The van der Waals surface area contributed by atoms with Crippen LogP contribution in [-0.4, -0.2) is 30.3 Å². The van der Waals surface area contributed by atoms with Crippen molar-refractivity contribution in [1.82, 2.24) is 5.32 Å². The maximum atomic E-state index is 12.2. The highest BCUT2D eigenvalue weighted by atomic mass is 79.9. The van der Waals surface area contributed by atoms with Gasteiger partial charge in [0.15, 0.2) is 0 Å². The maximum absolute atomic E-state index is 12.2. The molecule has 3 aromatic rings. The molecule has 0 saturated carbocycles. The van der Waals surface area contributed by atoms with Crippen LogP contribution in [0.15, 0.2) is 77.3 Å². The second-order valence-corrected chi connectivity index (χ2v) is 8.34. The van der Waals surface area contributed by atoms with Gasteiger partial charge in [-0.05, 0) is 46.4 Å². The van der Waals surface area contributed by atoms with Gasteiger partial charge < -0.3 is 15.2 Å². The summed E-state index contributed by atoms with van der Waals surface area (Å²) in [4.78, 5) is 23.2. The zero-order chi connectivity index (χ0) is 22.5. The number of hydrogen-bond donors (Lipinski definition) is 2. The predicted molar refractivity (Wildman–Crippen MR) is 128 cm³/mol. The summed E-state index contributed by atoms with van der Waals surface area (Å²) < 4.78 is 6.23. The van der Waals surface area contributed by atoms with Crippen LogP contribution in [0.25, 0.3) is 17.2 Å². The third-order valence-corrected chi connectivity index (χ3v) is 6.16. The molecule has 0 unspecified atom stereocenters.